The summed E-state index contributed by atoms with van der Waals surface area (Å²) in [4.78, 5) is 29.2. The van der Waals surface area contributed by atoms with Gasteiger partial charge in [-0.2, -0.15) is 0 Å². The van der Waals surface area contributed by atoms with E-state index in [2.05, 4.69) is 15.6 Å². The molecule has 27 heavy (non-hydrogen) atoms. The Kier molecular flexibility index (Phi) is 4.68. The van der Waals surface area contributed by atoms with Gasteiger partial charge in [-0.05, 0) is 36.3 Å². The van der Waals surface area contributed by atoms with Crippen LogP contribution in [0.25, 0.3) is 10.9 Å². The summed E-state index contributed by atoms with van der Waals surface area (Å²) in [5.74, 6) is 0.408. The predicted molar refractivity (Wildman–Crippen MR) is 106 cm³/mol. The van der Waals surface area contributed by atoms with Gasteiger partial charge in [-0.1, -0.05) is 42.5 Å². The average Bonchev–Trinajstić information content (AvgIpc) is 3.03. The summed E-state index contributed by atoms with van der Waals surface area (Å²) < 4.78 is 1.67. The molecule has 7 heteroatoms. The summed E-state index contributed by atoms with van der Waals surface area (Å²) in [7, 11) is 0. The van der Waals surface area contributed by atoms with Crippen LogP contribution in [0.2, 0.25) is 0 Å². The minimum atomic E-state index is -0.484. The lowest BCUT2D eigenvalue weighted by atomic mass is 10.1. The Labute approximate surface area is 161 Å². The van der Waals surface area contributed by atoms with Crippen LogP contribution < -0.4 is 10.6 Å². The lowest BCUT2D eigenvalue weighted by Crippen LogP contribution is -2.29. The van der Waals surface area contributed by atoms with E-state index in [0.717, 1.165) is 16.5 Å². The number of carbonyl (C=O) groups excluding carboxylic acids is 2. The molecular weight excluding hydrogens is 360 g/mol. The minimum Gasteiger partial charge on any atom is -0.359 e. The first kappa shape index (κ1) is 17.4. The van der Waals surface area contributed by atoms with Gasteiger partial charge in [0, 0.05) is 18.4 Å². The van der Waals surface area contributed by atoms with Gasteiger partial charge in [0.25, 0.3) is 5.91 Å². The standard InChI is InChI=1S/C20H18N4O2S/c25-17(21-12-13-6-2-1-3-7-13)11-10-16-19(26)24-18(22-16)14-8-4-5-9-15(14)23-20(24)27/h1-9,16,22H,10-12H2,(H,21,25). The van der Waals surface area contributed by atoms with Gasteiger partial charge >= 0.3 is 0 Å². The zero-order valence-corrected chi connectivity index (χ0v) is 15.3. The van der Waals surface area contributed by atoms with E-state index < -0.39 is 6.04 Å². The van der Waals surface area contributed by atoms with Crippen molar-refractivity contribution in [3.8, 4) is 0 Å². The van der Waals surface area contributed by atoms with E-state index in [0.29, 0.717) is 18.8 Å². The van der Waals surface area contributed by atoms with Crippen LogP contribution in [0.5, 0.6) is 0 Å². The molecule has 0 spiro atoms. The molecule has 0 radical (unpaired) electrons. The molecule has 1 aromatic heterocycles. The highest BCUT2D eigenvalue weighted by atomic mass is 32.1. The number of aromatic nitrogens is 2. The van der Waals surface area contributed by atoms with Crippen molar-refractivity contribution < 1.29 is 9.59 Å². The van der Waals surface area contributed by atoms with E-state index in [1.165, 1.54) is 4.57 Å². The van der Waals surface area contributed by atoms with Crippen molar-refractivity contribution in [1.29, 1.82) is 0 Å². The van der Waals surface area contributed by atoms with Crippen molar-refractivity contribution in [1.82, 2.24) is 14.9 Å². The highest BCUT2D eigenvalue weighted by Crippen LogP contribution is 2.29. The zero-order chi connectivity index (χ0) is 18.8. The summed E-state index contributed by atoms with van der Waals surface area (Å²) in [5, 5.41) is 6.95. The van der Waals surface area contributed by atoms with Gasteiger partial charge in [-0.25, -0.2) is 9.55 Å². The number of para-hydroxylation sites is 1. The maximum atomic E-state index is 12.7. The Morgan fingerprint density at radius 1 is 1.15 bits per heavy atom. The fourth-order valence-corrected chi connectivity index (χ4v) is 3.51. The first-order valence-electron chi connectivity index (χ1n) is 8.76. The van der Waals surface area contributed by atoms with E-state index in [9.17, 15) is 9.59 Å². The molecule has 0 saturated heterocycles. The maximum Gasteiger partial charge on any atom is 0.257 e. The van der Waals surface area contributed by atoms with Crippen LogP contribution >= 0.6 is 12.2 Å². The van der Waals surface area contributed by atoms with E-state index in [-0.39, 0.29) is 23.0 Å². The molecule has 3 aromatic rings. The predicted octanol–water partition coefficient (Wildman–Crippen LogP) is 3.30. The third-order valence-electron chi connectivity index (χ3n) is 4.61. The zero-order valence-electron chi connectivity index (χ0n) is 14.5. The van der Waals surface area contributed by atoms with Crippen molar-refractivity contribution in [2.75, 3.05) is 5.32 Å². The summed E-state index contributed by atoms with van der Waals surface area (Å²) in [6.45, 7) is 0.478. The number of carbonyl (C=O) groups is 2. The Morgan fingerprint density at radius 2 is 1.89 bits per heavy atom. The van der Waals surface area contributed by atoms with Crippen molar-refractivity contribution in [3.05, 3.63) is 64.9 Å². The molecular formula is C20H18N4O2S. The molecule has 0 saturated carbocycles. The molecule has 4 rings (SSSR count). The maximum absolute atomic E-state index is 12.7. The van der Waals surface area contributed by atoms with E-state index in [1.54, 1.807) is 0 Å². The molecule has 1 atom stereocenters. The number of hydrogen-bond acceptors (Lipinski definition) is 5. The third-order valence-corrected chi connectivity index (χ3v) is 4.89. The fraction of sp³-hybridized carbons (Fsp3) is 0.200. The normalized spacial score (nSPS) is 15.4. The van der Waals surface area contributed by atoms with Crippen LogP contribution in [0.3, 0.4) is 0 Å². The van der Waals surface area contributed by atoms with Crippen molar-refractivity contribution in [3.63, 3.8) is 0 Å². The second-order valence-electron chi connectivity index (χ2n) is 6.43. The Hall–Kier alpha value is -3.06. The molecule has 1 aliphatic heterocycles. The quantitative estimate of drug-likeness (QED) is 0.666. The number of benzene rings is 2. The summed E-state index contributed by atoms with van der Waals surface area (Å²) >= 11 is 5.28. The SMILES string of the molecule is O=C(CCC1Nc2c3ccccc3nc(=S)n2C1=O)NCc1ccccc1. The summed E-state index contributed by atoms with van der Waals surface area (Å²) in [6.07, 6.45) is 0.646. The Morgan fingerprint density at radius 3 is 2.70 bits per heavy atom. The van der Waals surface area contributed by atoms with Crippen LogP contribution in [0, 0.1) is 4.77 Å². The number of anilines is 1. The highest BCUT2D eigenvalue weighted by molar-refractivity contribution is 7.71. The van der Waals surface area contributed by atoms with E-state index in [1.807, 2.05) is 54.6 Å². The third kappa shape index (κ3) is 3.46. The summed E-state index contributed by atoms with van der Waals surface area (Å²) in [6, 6.07) is 16.8. The molecule has 6 nitrogen and oxygen atoms in total. The van der Waals surface area contributed by atoms with Crippen molar-refractivity contribution >= 4 is 40.8 Å². The Bertz CT molecular complexity index is 1080. The van der Waals surface area contributed by atoms with Gasteiger partial charge in [-0.15, -0.1) is 0 Å². The largest absolute Gasteiger partial charge is 0.359 e. The number of nitrogens with zero attached hydrogens (tertiary/aromatic N) is 2. The van der Waals surface area contributed by atoms with Gasteiger partial charge in [0.1, 0.15) is 11.9 Å². The van der Waals surface area contributed by atoms with Crippen LogP contribution in [-0.4, -0.2) is 27.4 Å². The average molecular weight is 378 g/mol. The van der Waals surface area contributed by atoms with Crippen molar-refractivity contribution in [2.45, 2.75) is 25.4 Å². The highest BCUT2D eigenvalue weighted by Gasteiger charge is 2.31. The van der Waals surface area contributed by atoms with Gasteiger partial charge in [0.2, 0.25) is 10.7 Å². The lowest BCUT2D eigenvalue weighted by Gasteiger charge is -2.09. The van der Waals surface area contributed by atoms with Gasteiger partial charge in [0.15, 0.2) is 0 Å². The molecule has 136 valence electrons. The fourth-order valence-electron chi connectivity index (χ4n) is 3.23. The second kappa shape index (κ2) is 7.28. The molecule has 2 heterocycles. The van der Waals surface area contributed by atoms with Crippen molar-refractivity contribution in [2.24, 2.45) is 0 Å². The smallest absolute Gasteiger partial charge is 0.257 e. The van der Waals surface area contributed by atoms with Crippen LogP contribution in [-0.2, 0) is 11.3 Å². The first-order valence-corrected chi connectivity index (χ1v) is 9.17. The minimum absolute atomic E-state index is 0.0870. The number of hydrogen-bond donors (Lipinski definition) is 2. The van der Waals surface area contributed by atoms with Gasteiger partial charge < -0.3 is 10.6 Å². The van der Waals surface area contributed by atoms with E-state index in [4.69, 9.17) is 12.2 Å². The van der Waals surface area contributed by atoms with E-state index >= 15 is 0 Å². The number of nitrogens with one attached hydrogen (secondary N) is 2. The first-order chi connectivity index (χ1) is 13.1. The molecule has 1 amide bonds. The molecule has 2 aromatic carbocycles. The molecule has 0 bridgehead atoms. The monoisotopic (exact) mass is 378 g/mol. The number of rotatable bonds is 5. The molecule has 2 N–H and O–H groups in total. The van der Waals surface area contributed by atoms with Crippen LogP contribution in [0.4, 0.5) is 5.82 Å². The summed E-state index contributed by atoms with van der Waals surface area (Å²) in [5.41, 5.74) is 1.78. The number of amides is 1. The van der Waals surface area contributed by atoms with Gasteiger partial charge in [0.05, 0.1) is 5.52 Å². The molecule has 0 aliphatic carbocycles. The van der Waals surface area contributed by atoms with Crippen LogP contribution in [0.1, 0.15) is 23.2 Å². The topological polar surface area (TPSA) is 76.0 Å². The van der Waals surface area contributed by atoms with Crippen LogP contribution in [0.15, 0.2) is 54.6 Å². The Balaban J connectivity index is 1.43. The second-order valence-corrected chi connectivity index (χ2v) is 6.80. The number of fused-ring (bicyclic) bond motifs is 3. The molecule has 0 fully saturated rings. The lowest BCUT2D eigenvalue weighted by molar-refractivity contribution is -0.121. The van der Waals surface area contributed by atoms with Gasteiger partial charge in [-0.3, -0.25) is 9.59 Å². The molecule has 1 aliphatic rings. The molecule has 1 unspecified atom stereocenters.